The second kappa shape index (κ2) is 7.39. The van der Waals surface area contributed by atoms with E-state index in [2.05, 4.69) is 24.9 Å². The summed E-state index contributed by atoms with van der Waals surface area (Å²) in [5.74, 6) is -0.601. The van der Waals surface area contributed by atoms with Crippen LogP contribution < -0.4 is 5.32 Å². The number of carbonyl (C=O) groups is 1. The summed E-state index contributed by atoms with van der Waals surface area (Å²) in [6, 6.07) is 0.864. The number of rotatable bonds is 5. The first-order valence-corrected chi connectivity index (χ1v) is 9.20. The monoisotopic (exact) mass is 417 g/mol. The van der Waals surface area contributed by atoms with Gasteiger partial charge in [0.1, 0.15) is 30.2 Å². The molecule has 156 valence electrons. The molecule has 0 fully saturated rings. The smallest absolute Gasteiger partial charge is 0.345 e. The highest BCUT2D eigenvalue weighted by Gasteiger charge is 2.32. The van der Waals surface area contributed by atoms with Gasteiger partial charge in [-0.05, 0) is 12.0 Å². The summed E-state index contributed by atoms with van der Waals surface area (Å²) >= 11 is 0. The number of carbonyl (C=O) groups excluding carboxylic acids is 1. The van der Waals surface area contributed by atoms with Gasteiger partial charge in [0.15, 0.2) is 5.82 Å². The van der Waals surface area contributed by atoms with Gasteiger partial charge in [0.2, 0.25) is 5.91 Å². The zero-order valence-corrected chi connectivity index (χ0v) is 16.1. The Kier molecular flexibility index (Phi) is 4.88. The lowest BCUT2D eigenvalue weighted by Crippen LogP contribution is -2.40. The summed E-state index contributed by atoms with van der Waals surface area (Å²) in [5, 5.41) is 3.38. The van der Waals surface area contributed by atoms with E-state index in [1.54, 1.807) is 49.3 Å². The van der Waals surface area contributed by atoms with Crippen LogP contribution in [0.3, 0.4) is 0 Å². The number of hydrogen-bond donors (Lipinski definition) is 2. The average molecular weight is 417 g/mol. The summed E-state index contributed by atoms with van der Waals surface area (Å²) < 4.78 is 39.3. The fraction of sp³-hybridized carbons (Fsp3) is 0.316. The van der Waals surface area contributed by atoms with Crippen LogP contribution in [0.1, 0.15) is 19.9 Å². The molecule has 0 spiro atoms. The highest BCUT2D eigenvalue weighted by molar-refractivity contribution is 5.92. The van der Waals surface area contributed by atoms with Crippen LogP contribution >= 0.6 is 0 Å². The number of fused-ring (bicyclic) bond motifs is 2. The number of alkyl halides is 3. The molecule has 0 unspecified atom stereocenters. The van der Waals surface area contributed by atoms with Gasteiger partial charge in [0, 0.05) is 41.1 Å². The molecule has 0 aliphatic rings. The normalized spacial score (nSPS) is 13.3. The molecule has 8 nitrogen and oxygen atoms in total. The van der Waals surface area contributed by atoms with Crippen molar-refractivity contribution < 1.29 is 18.0 Å². The molecular weight excluding hydrogens is 399 g/mol. The molecule has 0 aliphatic carbocycles. The molecule has 1 amide bonds. The minimum Gasteiger partial charge on any atom is -0.345 e. The van der Waals surface area contributed by atoms with Gasteiger partial charge in [-0.2, -0.15) is 13.2 Å². The van der Waals surface area contributed by atoms with Gasteiger partial charge in [-0.25, -0.2) is 19.9 Å². The highest BCUT2D eigenvalue weighted by atomic mass is 19.4. The Bertz CT molecular complexity index is 1210. The van der Waals surface area contributed by atoms with Crippen LogP contribution in [0.15, 0.2) is 37.2 Å². The fourth-order valence-corrected chi connectivity index (χ4v) is 3.38. The lowest BCUT2D eigenvalue weighted by molar-refractivity contribution is -0.141. The molecule has 4 aromatic heterocycles. The van der Waals surface area contributed by atoms with Gasteiger partial charge < -0.3 is 14.9 Å². The zero-order chi connectivity index (χ0) is 21.5. The Morgan fingerprint density at radius 1 is 1.27 bits per heavy atom. The Labute approximate surface area is 168 Å². The van der Waals surface area contributed by atoms with E-state index in [0.29, 0.717) is 28.1 Å². The van der Waals surface area contributed by atoms with Crippen LogP contribution in [0.25, 0.3) is 33.5 Å². The van der Waals surface area contributed by atoms with Gasteiger partial charge in [-0.15, -0.1) is 0 Å². The van der Waals surface area contributed by atoms with Gasteiger partial charge in [-0.1, -0.05) is 13.8 Å². The molecule has 1 atom stereocenters. The van der Waals surface area contributed by atoms with Gasteiger partial charge in [0.25, 0.3) is 0 Å². The number of aromatic amines is 1. The van der Waals surface area contributed by atoms with Crippen molar-refractivity contribution >= 4 is 28.0 Å². The maximum atomic E-state index is 12.6. The number of H-pyrrole nitrogens is 1. The molecule has 0 aromatic carbocycles. The van der Waals surface area contributed by atoms with Crippen molar-refractivity contribution in [2.24, 2.45) is 5.92 Å². The number of halogens is 3. The molecule has 0 radical (unpaired) electrons. The molecule has 0 aliphatic heterocycles. The van der Waals surface area contributed by atoms with E-state index in [1.165, 1.54) is 6.33 Å². The first-order valence-electron chi connectivity index (χ1n) is 9.20. The Hall–Kier alpha value is -3.50. The first-order chi connectivity index (χ1) is 14.2. The maximum Gasteiger partial charge on any atom is 0.405 e. The van der Waals surface area contributed by atoms with Crippen LogP contribution in [0.2, 0.25) is 0 Å². The van der Waals surface area contributed by atoms with E-state index < -0.39 is 24.7 Å². The predicted octanol–water partition coefficient (Wildman–Crippen LogP) is 3.25. The molecule has 2 N–H and O–H groups in total. The Morgan fingerprint density at radius 3 is 2.80 bits per heavy atom. The first kappa shape index (κ1) is 19.8. The Morgan fingerprint density at radius 2 is 2.07 bits per heavy atom. The summed E-state index contributed by atoms with van der Waals surface area (Å²) in [6.07, 6.45) is 3.54. The van der Waals surface area contributed by atoms with E-state index in [0.717, 1.165) is 5.39 Å². The lowest BCUT2D eigenvalue weighted by atomic mass is 10.0. The predicted molar refractivity (Wildman–Crippen MR) is 103 cm³/mol. The van der Waals surface area contributed by atoms with Crippen LogP contribution in [0, 0.1) is 5.92 Å². The average Bonchev–Trinajstić information content (AvgIpc) is 3.30. The van der Waals surface area contributed by atoms with Crippen molar-refractivity contribution in [3.63, 3.8) is 0 Å². The van der Waals surface area contributed by atoms with E-state index in [4.69, 9.17) is 0 Å². The van der Waals surface area contributed by atoms with Crippen molar-refractivity contribution in [1.82, 2.24) is 34.8 Å². The van der Waals surface area contributed by atoms with Crippen molar-refractivity contribution in [3.05, 3.63) is 37.2 Å². The highest BCUT2D eigenvalue weighted by Crippen LogP contribution is 2.28. The standard InChI is InChI=1S/C19H18F3N7O/c1-10(2)14(18(30)26-8-19(20,21)22)29-4-3-11-5-24-16(28-17(11)29)13-7-25-15-12(13)6-23-9-27-15/h3-7,9-10,14H,8H2,1-2H3,(H,26,30)(H,23,25,27)/t14-/m1/s1. The quantitative estimate of drug-likeness (QED) is 0.519. The fourth-order valence-electron chi connectivity index (χ4n) is 3.38. The molecule has 4 rings (SSSR count). The second-order valence-electron chi connectivity index (χ2n) is 7.20. The minimum absolute atomic E-state index is 0.270. The maximum absolute atomic E-state index is 12.6. The van der Waals surface area contributed by atoms with Gasteiger partial charge >= 0.3 is 6.18 Å². The van der Waals surface area contributed by atoms with Crippen molar-refractivity contribution in [1.29, 1.82) is 0 Å². The van der Waals surface area contributed by atoms with E-state index in [-0.39, 0.29) is 5.92 Å². The summed E-state index contributed by atoms with van der Waals surface area (Å²) in [5.41, 5.74) is 1.76. The minimum atomic E-state index is -4.48. The summed E-state index contributed by atoms with van der Waals surface area (Å²) in [4.78, 5) is 32.7. The molecule has 0 saturated heterocycles. The van der Waals surface area contributed by atoms with E-state index >= 15 is 0 Å². The van der Waals surface area contributed by atoms with Crippen LogP contribution in [0.4, 0.5) is 13.2 Å². The molecular formula is C19H18F3N7O. The number of nitrogens with zero attached hydrogens (tertiary/aromatic N) is 5. The molecule has 0 saturated carbocycles. The Balaban J connectivity index is 1.75. The molecule has 30 heavy (non-hydrogen) atoms. The zero-order valence-electron chi connectivity index (χ0n) is 16.1. The van der Waals surface area contributed by atoms with Crippen LogP contribution in [-0.4, -0.2) is 48.1 Å². The molecule has 11 heteroatoms. The van der Waals surface area contributed by atoms with Crippen LogP contribution in [-0.2, 0) is 4.79 Å². The van der Waals surface area contributed by atoms with Crippen molar-refractivity contribution in [2.75, 3.05) is 6.54 Å². The third-order valence-corrected chi connectivity index (χ3v) is 4.71. The second-order valence-corrected chi connectivity index (χ2v) is 7.20. The number of nitrogens with one attached hydrogen (secondary N) is 2. The summed E-state index contributed by atoms with van der Waals surface area (Å²) in [6.45, 7) is 2.15. The van der Waals surface area contributed by atoms with Gasteiger partial charge in [-0.3, -0.25) is 4.79 Å². The third-order valence-electron chi connectivity index (χ3n) is 4.71. The van der Waals surface area contributed by atoms with Gasteiger partial charge in [0.05, 0.1) is 0 Å². The number of amides is 1. The van der Waals surface area contributed by atoms with Crippen LogP contribution in [0.5, 0.6) is 0 Å². The molecule has 4 heterocycles. The molecule has 0 bridgehead atoms. The summed E-state index contributed by atoms with van der Waals surface area (Å²) in [7, 11) is 0. The number of aromatic nitrogens is 6. The third kappa shape index (κ3) is 3.70. The largest absolute Gasteiger partial charge is 0.405 e. The van der Waals surface area contributed by atoms with Crippen molar-refractivity contribution in [3.8, 4) is 11.4 Å². The lowest BCUT2D eigenvalue weighted by Gasteiger charge is -2.23. The number of hydrogen-bond acceptors (Lipinski definition) is 5. The van der Waals surface area contributed by atoms with E-state index in [9.17, 15) is 18.0 Å². The van der Waals surface area contributed by atoms with E-state index in [1.807, 2.05) is 5.32 Å². The topological polar surface area (TPSA) is 101 Å². The van der Waals surface area contributed by atoms with Crippen molar-refractivity contribution in [2.45, 2.75) is 26.1 Å². The SMILES string of the molecule is CC(C)[C@H](C(=O)NCC(F)(F)F)n1ccc2cnc(-c3c[nH]c4ncncc34)nc21. The molecule has 4 aromatic rings.